The highest BCUT2D eigenvalue weighted by atomic mass is 79.9. The molecule has 0 unspecified atom stereocenters. The van der Waals surface area contributed by atoms with Crippen molar-refractivity contribution in [3.05, 3.63) is 69.7 Å². The summed E-state index contributed by atoms with van der Waals surface area (Å²) in [6, 6.07) is 13.6. The number of aryl methyl sites for hydroxylation is 2. The number of aromatic nitrogens is 2. The van der Waals surface area contributed by atoms with Crippen LogP contribution in [-0.2, 0) is 17.7 Å². The van der Waals surface area contributed by atoms with Crippen molar-refractivity contribution in [1.29, 1.82) is 0 Å². The molecule has 0 radical (unpaired) electrons. The fraction of sp³-hybridized carbons (Fsp3) is 0.250. The molecule has 2 aromatic heterocycles. The predicted octanol–water partition coefficient (Wildman–Crippen LogP) is 5.74. The van der Waals surface area contributed by atoms with E-state index in [1.807, 2.05) is 54.8 Å². The molecule has 31 heavy (non-hydrogen) atoms. The standard InChI is InChI=1S/C24H24BrN3O3/c1-4-20-27-14(3)22(24(29)30-5-2)28(20)13-15-10-11-19-17(12-15)21(25)23(31-19)16-8-6-7-9-18(16)26/h6-12H,4-5,13,26H2,1-3H3. The van der Waals surface area contributed by atoms with Crippen molar-refractivity contribution in [2.75, 3.05) is 12.3 Å². The maximum Gasteiger partial charge on any atom is 0.356 e. The molecule has 2 aromatic carbocycles. The van der Waals surface area contributed by atoms with Gasteiger partial charge in [-0.1, -0.05) is 25.1 Å². The van der Waals surface area contributed by atoms with Crippen LogP contribution in [0.2, 0.25) is 0 Å². The average Bonchev–Trinajstić information content (AvgIpc) is 3.25. The van der Waals surface area contributed by atoms with Gasteiger partial charge in [-0.15, -0.1) is 0 Å². The Hall–Kier alpha value is -3.06. The number of esters is 1. The molecular formula is C24H24BrN3O3. The number of benzene rings is 2. The Morgan fingerprint density at radius 3 is 2.71 bits per heavy atom. The summed E-state index contributed by atoms with van der Waals surface area (Å²) < 4.78 is 14.2. The second-order valence-corrected chi connectivity index (χ2v) is 8.08. The van der Waals surface area contributed by atoms with Gasteiger partial charge in [0, 0.05) is 29.6 Å². The maximum atomic E-state index is 12.5. The van der Waals surface area contributed by atoms with Crippen LogP contribution in [0.3, 0.4) is 0 Å². The second kappa shape index (κ2) is 8.59. The van der Waals surface area contributed by atoms with Crippen molar-refractivity contribution in [2.24, 2.45) is 0 Å². The van der Waals surface area contributed by atoms with Crippen molar-refractivity contribution in [2.45, 2.75) is 33.7 Å². The van der Waals surface area contributed by atoms with Gasteiger partial charge in [-0.05, 0) is 59.6 Å². The number of fused-ring (bicyclic) bond motifs is 1. The molecule has 0 amide bonds. The van der Waals surface area contributed by atoms with Gasteiger partial charge in [-0.3, -0.25) is 0 Å². The third kappa shape index (κ3) is 3.85. The van der Waals surface area contributed by atoms with E-state index in [9.17, 15) is 4.79 Å². The molecule has 0 saturated heterocycles. The molecular weight excluding hydrogens is 458 g/mol. The van der Waals surface area contributed by atoms with Gasteiger partial charge in [0.15, 0.2) is 11.5 Å². The van der Waals surface area contributed by atoms with Crippen molar-refractivity contribution in [3.8, 4) is 11.3 Å². The minimum atomic E-state index is -0.348. The number of carbonyl (C=O) groups is 1. The fourth-order valence-electron chi connectivity index (χ4n) is 3.80. The zero-order valence-electron chi connectivity index (χ0n) is 17.7. The van der Waals surface area contributed by atoms with Gasteiger partial charge in [-0.2, -0.15) is 0 Å². The van der Waals surface area contributed by atoms with E-state index in [0.717, 1.165) is 38.8 Å². The molecule has 160 valence electrons. The summed E-state index contributed by atoms with van der Waals surface area (Å²) in [6.45, 7) is 6.50. The van der Waals surface area contributed by atoms with Gasteiger partial charge < -0.3 is 19.5 Å². The lowest BCUT2D eigenvalue weighted by Crippen LogP contribution is -2.15. The molecule has 0 bridgehead atoms. The Kier molecular flexibility index (Phi) is 5.87. The minimum Gasteiger partial charge on any atom is -0.461 e. The van der Waals surface area contributed by atoms with Crippen LogP contribution < -0.4 is 5.73 Å². The molecule has 0 spiro atoms. The van der Waals surface area contributed by atoms with Crippen molar-refractivity contribution in [3.63, 3.8) is 0 Å². The lowest BCUT2D eigenvalue weighted by atomic mass is 10.1. The van der Waals surface area contributed by atoms with E-state index in [2.05, 4.69) is 27.0 Å². The molecule has 4 rings (SSSR count). The Morgan fingerprint density at radius 1 is 1.23 bits per heavy atom. The number of nitrogen functional groups attached to an aromatic ring is 1. The summed E-state index contributed by atoms with van der Waals surface area (Å²) in [6.07, 6.45) is 0.718. The van der Waals surface area contributed by atoms with Crippen molar-refractivity contribution >= 4 is 38.6 Å². The van der Waals surface area contributed by atoms with E-state index in [1.165, 1.54) is 0 Å². The second-order valence-electron chi connectivity index (χ2n) is 7.29. The molecule has 0 fully saturated rings. The number of furan rings is 1. The molecule has 0 aliphatic carbocycles. The topological polar surface area (TPSA) is 83.3 Å². The first-order chi connectivity index (χ1) is 14.9. The molecule has 4 aromatic rings. The zero-order valence-corrected chi connectivity index (χ0v) is 19.3. The van der Waals surface area contributed by atoms with Crippen LogP contribution in [0, 0.1) is 6.92 Å². The van der Waals surface area contributed by atoms with Crippen LogP contribution >= 0.6 is 15.9 Å². The van der Waals surface area contributed by atoms with E-state index in [-0.39, 0.29) is 5.97 Å². The smallest absolute Gasteiger partial charge is 0.356 e. The van der Waals surface area contributed by atoms with Gasteiger partial charge in [0.05, 0.1) is 16.8 Å². The SMILES string of the molecule is CCOC(=O)c1c(C)nc(CC)n1Cc1ccc2oc(-c3ccccc3N)c(Br)c2c1. The first kappa shape index (κ1) is 21.2. The highest BCUT2D eigenvalue weighted by Gasteiger charge is 2.22. The average molecular weight is 482 g/mol. The molecule has 0 atom stereocenters. The van der Waals surface area contributed by atoms with Crippen molar-refractivity contribution in [1.82, 2.24) is 9.55 Å². The van der Waals surface area contributed by atoms with Crippen LogP contribution in [0.25, 0.3) is 22.3 Å². The van der Waals surface area contributed by atoms with E-state index in [0.29, 0.717) is 36.0 Å². The predicted molar refractivity (Wildman–Crippen MR) is 125 cm³/mol. The third-order valence-corrected chi connectivity index (χ3v) is 6.03. The van der Waals surface area contributed by atoms with E-state index >= 15 is 0 Å². The number of hydrogen-bond acceptors (Lipinski definition) is 5. The Morgan fingerprint density at radius 2 is 2.00 bits per heavy atom. The van der Waals surface area contributed by atoms with Crippen molar-refractivity contribution < 1.29 is 13.9 Å². The number of ether oxygens (including phenoxy) is 1. The highest BCUT2D eigenvalue weighted by Crippen LogP contribution is 2.40. The number of rotatable bonds is 6. The first-order valence-corrected chi connectivity index (χ1v) is 11.0. The monoisotopic (exact) mass is 481 g/mol. The number of halogens is 1. The van der Waals surface area contributed by atoms with E-state index in [4.69, 9.17) is 14.9 Å². The number of nitrogens with two attached hydrogens (primary N) is 1. The Labute approximate surface area is 189 Å². The van der Waals surface area contributed by atoms with Crippen LogP contribution in [0.4, 0.5) is 5.69 Å². The highest BCUT2D eigenvalue weighted by molar-refractivity contribution is 9.10. The molecule has 6 nitrogen and oxygen atoms in total. The molecule has 0 saturated carbocycles. The summed E-state index contributed by atoms with van der Waals surface area (Å²) >= 11 is 3.69. The van der Waals surface area contributed by atoms with E-state index < -0.39 is 0 Å². The minimum absolute atomic E-state index is 0.324. The van der Waals surface area contributed by atoms with Gasteiger partial charge in [0.25, 0.3) is 0 Å². The van der Waals surface area contributed by atoms with Gasteiger partial charge in [-0.25, -0.2) is 9.78 Å². The normalized spacial score (nSPS) is 11.2. The summed E-state index contributed by atoms with van der Waals surface area (Å²) in [4.78, 5) is 17.1. The molecule has 2 heterocycles. The number of hydrogen-bond donors (Lipinski definition) is 1. The number of anilines is 1. The quantitative estimate of drug-likeness (QED) is 0.280. The lowest BCUT2D eigenvalue weighted by Gasteiger charge is -2.11. The molecule has 7 heteroatoms. The molecule has 0 aliphatic rings. The Bertz CT molecular complexity index is 1270. The number of imidazole rings is 1. The van der Waals surface area contributed by atoms with Gasteiger partial charge in [0.2, 0.25) is 0 Å². The fourth-order valence-corrected chi connectivity index (χ4v) is 4.41. The lowest BCUT2D eigenvalue weighted by molar-refractivity contribution is 0.0513. The maximum absolute atomic E-state index is 12.5. The Balaban J connectivity index is 1.76. The largest absolute Gasteiger partial charge is 0.461 e. The van der Waals surface area contributed by atoms with Crippen LogP contribution in [0.15, 0.2) is 51.4 Å². The van der Waals surface area contributed by atoms with Crippen LogP contribution in [-0.4, -0.2) is 22.1 Å². The first-order valence-electron chi connectivity index (χ1n) is 10.2. The molecule has 2 N–H and O–H groups in total. The number of carbonyl (C=O) groups excluding carboxylic acids is 1. The van der Waals surface area contributed by atoms with Crippen LogP contribution in [0.5, 0.6) is 0 Å². The zero-order chi connectivity index (χ0) is 22.1. The molecule has 0 aliphatic heterocycles. The number of nitrogens with zero attached hydrogens (tertiary/aromatic N) is 2. The third-order valence-electron chi connectivity index (χ3n) is 5.24. The number of para-hydroxylation sites is 1. The summed E-state index contributed by atoms with van der Waals surface area (Å²) in [7, 11) is 0. The summed E-state index contributed by atoms with van der Waals surface area (Å²) in [5.74, 6) is 1.20. The van der Waals surface area contributed by atoms with Gasteiger partial charge in [0.1, 0.15) is 11.4 Å². The van der Waals surface area contributed by atoms with E-state index in [1.54, 1.807) is 6.92 Å². The van der Waals surface area contributed by atoms with Gasteiger partial charge >= 0.3 is 5.97 Å². The summed E-state index contributed by atoms with van der Waals surface area (Å²) in [5, 5.41) is 0.948. The summed E-state index contributed by atoms with van der Waals surface area (Å²) in [5.41, 5.74) is 10.6. The van der Waals surface area contributed by atoms with Crippen LogP contribution in [0.1, 0.15) is 41.4 Å².